The molecule has 1 aliphatic rings. The third-order valence-electron chi connectivity index (χ3n) is 2.98. The minimum Gasteiger partial charge on any atom is -0.495 e. The number of hydrogen-bond acceptors (Lipinski definition) is 3. The van der Waals surface area contributed by atoms with Gasteiger partial charge < -0.3 is 9.84 Å². The van der Waals surface area contributed by atoms with Crippen LogP contribution in [0.5, 0.6) is 0 Å². The molecule has 2 heterocycles. The molecule has 0 aliphatic carbocycles. The molecule has 2 aromatic rings. The Balaban J connectivity index is 2.10. The lowest BCUT2D eigenvalue weighted by atomic mass is 10.0. The molecule has 0 saturated carbocycles. The van der Waals surface area contributed by atoms with Gasteiger partial charge in [-0.3, -0.25) is 4.98 Å². The number of hydrogen-bond donors (Lipinski definition) is 1. The van der Waals surface area contributed by atoms with E-state index in [0.717, 1.165) is 22.9 Å². The average molecular weight is 227 g/mol. The number of rotatable bonds is 2. The molecule has 0 amide bonds. The van der Waals surface area contributed by atoms with E-state index >= 15 is 0 Å². The highest BCUT2D eigenvalue weighted by Gasteiger charge is 2.19. The predicted molar refractivity (Wildman–Crippen MR) is 65.4 cm³/mol. The molecule has 1 unspecified atom stereocenters. The van der Waals surface area contributed by atoms with E-state index in [1.54, 1.807) is 6.20 Å². The van der Waals surface area contributed by atoms with Gasteiger partial charge in [0.05, 0.1) is 12.1 Å². The van der Waals surface area contributed by atoms with E-state index in [0.29, 0.717) is 12.4 Å². The quantitative estimate of drug-likeness (QED) is 0.857. The van der Waals surface area contributed by atoms with Crippen LogP contribution in [0.4, 0.5) is 0 Å². The van der Waals surface area contributed by atoms with Crippen LogP contribution in [0.15, 0.2) is 48.4 Å². The van der Waals surface area contributed by atoms with Crippen molar-refractivity contribution in [2.24, 2.45) is 0 Å². The second-order valence-corrected chi connectivity index (χ2v) is 4.06. The van der Waals surface area contributed by atoms with Gasteiger partial charge >= 0.3 is 0 Å². The van der Waals surface area contributed by atoms with Crippen molar-refractivity contribution < 1.29 is 9.84 Å². The van der Waals surface area contributed by atoms with Gasteiger partial charge in [-0.05, 0) is 23.8 Å². The summed E-state index contributed by atoms with van der Waals surface area (Å²) < 4.78 is 5.41. The number of nitrogens with zero attached hydrogens (tertiary/aromatic N) is 1. The van der Waals surface area contributed by atoms with Crippen molar-refractivity contribution in [3.8, 4) is 0 Å². The molecule has 1 aromatic carbocycles. The Labute approximate surface area is 99.4 Å². The van der Waals surface area contributed by atoms with Crippen LogP contribution >= 0.6 is 0 Å². The van der Waals surface area contributed by atoms with Crippen LogP contribution < -0.4 is 0 Å². The van der Waals surface area contributed by atoms with Gasteiger partial charge in [-0.25, -0.2) is 0 Å². The molecule has 0 spiro atoms. The zero-order chi connectivity index (χ0) is 11.7. The molecule has 0 bridgehead atoms. The van der Waals surface area contributed by atoms with Crippen molar-refractivity contribution in [3.05, 3.63) is 53.9 Å². The Morgan fingerprint density at radius 2 is 2.12 bits per heavy atom. The lowest BCUT2D eigenvalue weighted by Crippen LogP contribution is -2.03. The molecule has 1 N–H and O–H groups in total. The lowest BCUT2D eigenvalue weighted by Gasteiger charge is -2.14. The maximum absolute atomic E-state index is 10.3. The molecular formula is C14H13NO2. The van der Waals surface area contributed by atoms with E-state index in [-0.39, 0.29) is 0 Å². The molecule has 1 aliphatic heterocycles. The first kappa shape index (κ1) is 10.3. The zero-order valence-electron chi connectivity index (χ0n) is 9.34. The van der Waals surface area contributed by atoms with Crippen molar-refractivity contribution in [2.45, 2.75) is 12.5 Å². The molecule has 1 aromatic heterocycles. The molecule has 3 rings (SSSR count). The van der Waals surface area contributed by atoms with E-state index in [2.05, 4.69) is 4.98 Å². The SMILES string of the molecule is OC(C1=CCCO1)c1ccnc2ccccc12. The normalized spacial score (nSPS) is 16.6. The summed E-state index contributed by atoms with van der Waals surface area (Å²) in [6.07, 6.45) is 3.84. The Kier molecular flexibility index (Phi) is 2.53. The van der Waals surface area contributed by atoms with E-state index in [1.807, 2.05) is 36.4 Å². The molecule has 0 radical (unpaired) electrons. The average Bonchev–Trinajstić information content (AvgIpc) is 2.91. The van der Waals surface area contributed by atoms with Crippen LogP contribution in [-0.2, 0) is 4.74 Å². The van der Waals surface area contributed by atoms with Gasteiger partial charge in [-0.1, -0.05) is 18.2 Å². The largest absolute Gasteiger partial charge is 0.495 e. The number of aliphatic hydroxyl groups excluding tert-OH is 1. The number of ether oxygens (including phenoxy) is 1. The lowest BCUT2D eigenvalue weighted by molar-refractivity contribution is 0.120. The summed E-state index contributed by atoms with van der Waals surface area (Å²) in [7, 11) is 0. The summed E-state index contributed by atoms with van der Waals surface area (Å²) in [6.45, 7) is 0.662. The van der Waals surface area contributed by atoms with Gasteiger partial charge in [0.2, 0.25) is 0 Å². The van der Waals surface area contributed by atoms with Crippen LogP contribution in [0.1, 0.15) is 18.1 Å². The summed E-state index contributed by atoms with van der Waals surface area (Å²) in [6, 6.07) is 9.64. The van der Waals surface area contributed by atoms with Gasteiger partial charge in [0.25, 0.3) is 0 Å². The van der Waals surface area contributed by atoms with Crippen LogP contribution in [0.2, 0.25) is 0 Å². The van der Waals surface area contributed by atoms with Gasteiger partial charge in [0.15, 0.2) is 0 Å². The highest BCUT2D eigenvalue weighted by atomic mass is 16.5. The standard InChI is InChI=1S/C14H13NO2/c16-14(13-6-3-9-17-13)11-7-8-15-12-5-2-1-4-10(11)12/h1-2,4-8,14,16H,3,9H2. The monoisotopic (exact) mass is 227 g/mol. The Morgan fingerprint density at radius 3 is 2.94 bits per heavy atom. The number of pyridine rings is 1. The molecule has 0 saturated heterocycles. The maximum Gasteiger partial charge on any atom is 0.136 e. The van der Waals surface area contributed by atoms with Gasteiger partial charge in [-0.15, -0.1) is 0 Å². The van der Waals surface area contributed by atoms with Crippen LogP contribution in [0.25, 0.3) is 10.9 Å². The Bertz CT molecular complexity index is 572. The first-order chi connectivity index (χ1) is 8.36. The summed E-state index contributed by atoms with van der Waals surface area (Å²) in [5.74, 6) is 0.654. The predicted octanol–water partition coefficient (Wildman–Crippen LogP) is 2.57. The summed E-state index contributed by atoms with van der Waals surface area (Å²) >= 11 is 0. The molecule has 3 heteroatoms. The van der Waals surface area contributed by atoms with E-state index in [4.69, 9.17) is 4.74 Å². The fraction of sp³-hybridized carbons (Fsp3) is 0.214. The highest BCUT2D eigenvalue weighted by molar-refractivity contribution is 5.82. The van der Waals surface area contributed by atoms with Crippen molar-refractivity contribution in [2.75, 3.05) is 6.61 Å². The third kappa shape index (κ3) is 1.78. The topological polar surface area (TPSA) is 42.4 Å². The molecule has 0 fully saturated rings. The van der Waals surface area contributed by atoms with E-state index in [9.17, 15) is 5.11 Å². The van der Waals surface area contributed by atoms with Crippen LogP contribution in [0, 0.1) is 0 Å². The van der Waals surface area contributed by atoms with Gasteiger partial charge in [0.1, 0.15) is 11.9 Å². The highest BCUT2D eigenvalue weighted by Crippen LogP contribution is 2.30. The fourth-order valence-electron chi connectivity index (χ4n) is 2.14. The van der Waals surface area contributed by atoms with Crippen molar-refractivity contribution in [1.29, 1.82) is 0 Å². The number of aliphatic hydroxyl groups is 1. The first-order valence-corrected chi connectivity index (χ1v) is 5.71. The summed E-state index contributed by atoms with van der Waals surface area (Å²) in [4.78, 5) is 4.28. The summed E-state index contributed by atoms with van der Waals surface area (Å²) in [5, 5.41) is 11.3. The van der Waals surface area contributed by atoms with Crippen molar-refractivity contribution in [1.82, 2.24) is 4.98 Å². The van der Waals surface area contributed by atoms with Crippen molar-refractivity contribution >= 4 is 10.9 Å². The zero-order valence-corrected chi connectivity index (χ0v) is 9.34. The number of aromatic nitrogens is 1. The fourth-order valence-corrected chi connectivity index (χ4v) is 2.14. The molecule has 1 atom stereocenters. The molecular weight excluding hydrogens is 214 g/mol. The number of fused-ring (bicyclic) bond motifs is 1. The molecule has 3 nitrogen and oxygen atoms in total. The van der Waals surface area contributed by atoms with Crippen LogP contribution in [0.3, 0.4) is 0 Å². The molecule has 86 valence electrons. The maximum atomic E-state index is 10.3. The second kappa shape index (κ2) is 4.18. The third-order valence-corrected chi connectivity index (χ3v) is 2.98. The van der Waals surface area contributed by atoms with E-state index in [1.165, 1.54) is 0 Å². The van der Waals surface area contributed by atoms with Gasteiger partial charge in [-0.2, -0.15) is 0 Å². The van der Waals surface area contributed by atoms with Crippen LogP contribution in [-0.4, -0.2) is 16.7 Å². The Hall–Kier alpha value is -1.87. The van der Waals surface area contributed by atoms with Crippen molar-refractivity contribution in [3.63, 3.8) is 0 Å². The minimum absolute atomic E-state index is 0.654. The Morgan fingerprint density at radius 1 is 1.24 bits per heavy atom. The second-order valence-electron chi connectivity index (χ2n) is 4.06. The summed E-state index contributed by atoms with van der Waals surface area (Å²) in [5.41, 5.74) is 1.74. The smallest absolute Gasteiger partial charge is 0.136 e. The number of benzene rings is 1. The molecule has 17 heavy (non-hydrogen) atoms. The van der Waals surface area contributed by atoms with Gasteiger partial charge in [0, 0.05) is 18.0 Å². The first-order valence-electron chi connectivity index (χ1n) is 5.71. The number of para-hydroxylation sites is 1. The van der Waals surface area contributed by atoms with E-state index < -0.39 is 6.10 Å². The minimum atomic E-state index is -0.689.